The molecule has 7 heteroatoms. The molecule has 1 aliphatic rings. The molecule has 1 saturated carbocycles. The minimum Gasteiger partial charge on any atom is -0.465 e. The number of amides is 2. The molecule has 7 nitrogen and oxygen atoms in total. The van der Waals surface area contributed by atoms with Crippen LogP contribution in [0.15, 0.2) is 0 Å². The van der Waals surface area contributed by atoms with Crippen molar-refractivity contribution in [2.45, 2.75) is 64.5 Å². The Labute approximate surface area is 131 Å². The summed E-state index contributed by atoms with van der Waals surface area (Å²) in [6.45, 7) is 6.39. The summed E-state index contributed by atoms with van der Waals surface area (Å²) in [5, 5.41) is 23.0. The summed E-state index contributed by atoms with van der Waals surface area (Å²) in [6.07, 6.45) is 1.71. The van der Waals surface area contributed by atoms with E-state index < -0.39 is 17.7 Å². The second kappa shape index (κ2) is 7.67. The van der Waals surface area contributed by atoms with Gasteiger partial charge in [-0.25, -0.2) is 9.59 Å². The summed E-state index contributed by atoms with van der Waals surface area (Å²) in [6, 6.07) is -0.194. The number of hydrogen-bond donors (Lipinski definition) is 4. The van der Waals surface area contributed by atoms with Gasteiger partial charge in [0.1, 0.15) is 0 Å². The number of aliphatic hydroxyl groups excluding tert-OH is 1. The predicted molar refractivity (Wildman–Crippen MR) is 81.8 cm³/mol. The Morgan fingerprint density at radius 1 is 1.23 bits per heavy atom. The van der Waals surface area contributed by atoms with Crippen LogP contribution in [0.3, 0.4) is 0 Å². The van der Waals surface area contributed by atoms with Crippen LogP contribution in [0, 0.1) is 5.41 Å². The highest BCUT2D eigenvalue weighted by atomic mass is 16.5. The van der Waals surface area contributed by atoms with E-state index in [4.69, 9.17) is 14.9 Å². The summed E-state index contributed by atoms with van der Waals surface area (Å²) < 4.78 is 5.10. The molecule has 2 amide bonds. The summed E-state index contributed by atoms with van der Waals surface area (Å²) >= 11 is 0. The standard InChI is InChI=1S/C15H28N2O5/c1-14(2)8-11(16-12(19)20)9-15(3,10-14)17-13(21)22-7-5-4-6-18/h11,16,18H,4-10H2,1-3H3,(H,17,21)(H,19,20). The number of carbonyl (C=O) groups excluding carboxylic acids is 1. The minimum absolute atomic E-state index is 0.0791. The zero-order valence-corrected chi connectivity index (χ0v) is 13.6. The predicted octanol–water partition coefficient (Wildman–Crippen LogP) is 2.09. The summed E-state index contributed by atoms with van der Waals surface area (Å²) in [4.78, 5) is 22.8. The van der Waals surface area contributed by atoms with Crippen LogP contribution in [-0.4, -0.2) is 47.2 Å². The van der Waals surface area contributed by atoms with E-state index in [0.717, 1.165) is 12.8 Å². The van der Waals surface area contributed by atoms with Crippen LogP contribution in [0.2, 0.25) is 0 Å². The summed E-state index contributed by atoms with van der Waals surface area (Å²) in [5.41, 5.74) is -0.590. The van der Waals surface area contributed by atoms with Crippen LogP contribution >= 0.6 is 0 Å². The number of carbonyl (C=O) groups is 2. The zero-order chi connectivity index (χ0) is 16.8. The molecule has 0 aliphatic heterocycles. The van der Waals surface area contributed by atoms with Crippen molar-refractivity contribution in [3.8, 4) is 0 Å². The van der Waals surface area contributed by atoms with Crippen LogP contribution in [0.4, 0.5) is 9.59 Å². The lowest BCUT2D eigenvalue weighted by Gasteiger charge is -2.46. The van der Waals surface area contributed by atoms with Gasteiger partial charge in [0.2, 0.25) is 0 Å². The number of ether oxygens (including phenoxy) is 1. The Balaban J connectivity index is 2.57. The maximum atomic E-state index is 11.9. The molecule has 4 N–H and O–H groups in total. The molecule has 1 aliphatic carbocycles. The van der Waals surface area contributed by atoms with Crippen molar-refractivity contribution in [1.29, 1.82) is 0 Å². The van der Waals surface area contributed by atoms with E-state index in [1.165, 1.54) is 0 Å². The van der Waals surface area contributed by atoms with E-state index in [0.29, 0.717) is 19.3 Å². The molecule has 2 unspecified atom stereocenters. The summed E-state index contributed by atoms with van der Waals surface area (Å²) in [7, 11) is 0. The highest BCUT2D eigenvalue weighted by Crippen LogP contribution is 2.41. The lowest BCUT2D eigenvalue weighted by atomic mass is 9.67. The van der Waals surface area contributed by atoms with Crippen molar-refractivity contribution >= 4 is 12.2 Å². The van der Waals surface area contributed by atoms with Crippen molar-refractivity contribution in [2.75, 3.05) is 13.2 Å². The van der Waals surface area contributed by atoms with Crippen LogP contribution in [0.5, 0.6) is 0 Å². The molecule has 1 fully saturated rings. The lowest BCUT2D eigenvalue weighted by Crippen LogP contribution is -2.57. The topological polar surface area (TPSA) is 108 Å². The molecule has 0 aromatic rings. The number of hydrogen-bond acceptors (Lipinski definition) is 4. The number of rotatable bonds is 6. The fourth-order valence-electron chi connectivity index (χ4n) is 3.52. The number of unbranched alkanes of at least 4 members (excludes halogenated alkanes) is 1. The zero-order valence-electron chi connectivity index (χ0n) is 13.6. The van der Waals surface area contributed by atoms with Crippen molar-refractivity contribution in [2.24, 2.45) is 5.41 Å². The molecule has 2 atom stereocenters. The van der Waals surface area contributed by atoms with Crippen molar-refractivity contribution in [1.82, 2.24) is 10.6 Å². The van der Waals surface area contributed by atoms with Crippen LogP contribution in [0.25, 0.3) is 0 Å². The van der Waals surface area contributed by atoms with Gasteiger partial charge < -0.3 is 25.6 Å². The number of nitrogens with one attached hydrogen (secondary N) is 2. The van der Waals surface area contributed by atoms with Gasteiger partial charge in [0.15, 0.2) is 0 Å². The van der Waals surface area contributed by atoms with E-state index in [1.54, 1.807) is 0 Å². The van der Waals surface area contributed by atoms with Gasteiger partial charge in [0, 0.05) is 18.2 Å². The molecular formula is C15H28N2O5. The maximum Gasteiger partial charge on any atom is 0.407 e. The smallest absolute Gasteiger partial charge is 0.407 e. The highest BCUT2D eigenvalue weighted by molar-refractivity contribution is 5.68. The summed E-state index contributed by atoms with van der Waals surface area (Å²) in [5.74, 6) is 0. The first-order valence-electron chi connectivity index (χ1n) is 7.71. The normalized spacial score (nSPS) is 27.0. The third kappa shape index (κ3) is 6.51. The molecule has 1 rings (SSSR count). The van der Waals surface area contributed by atoms with E-state index in [1.807, 2.05) is 6.92 Å². The average molecular weight is 316 g/mol. The molecule has 0 radical (unpaired) electrons. The Morgan fingerprint density at radius 3 is 2.50 bits per heavy atom. The number of aliphatic hydroxyl groups is 1. The Hall–Kier alpha value is -1.50. The Morgan fingerprint density at radius 2 is 1.91 bits per heavy atom. The van der Waals surface area contributed by atoms with Crippen LogP contribution in [0.1, 0.15) is 52.9 Å². The molecule has 0 aromatic heterocycles. The van der Waals surface area contributed by atoms with Gasteiger partial charge in [0.25, 0.3) is 0 Å². The number of carboxylic acid groups (broad SMARTS) is 1. The first-order valence-corrected chi connectivity index (χ1v) is 7.71. The van der Waals surface area contributed by atoms with E-state index >= 15 is 0 Å². The Bertz CT molecular complexity index is 399. The van der Waals surface area contributed by atoms with Crippen molar-refractivity contribution < 1.29 is 24.5 Å². The van der Waals surface area contributed by atoms with Gasteiger partial charge in [-0.15, -0.1) is 0 Å². The van der Waals surface area contributed by atoms with Crippen LogP contribution in [-0.2, 0) is 4.74 Å². The third-order valence-corrected chi connectivity index (χ3v) is 3.88. The van der Waals surface area contributed by atoms with E-state index in [-0.39, 0.29) is 24.7 Å². The second-order valence-electron chi connectivity index (χ2n) is 7.15. The highest BCUT2D eigenvalue weighted by Gasteiger charge is 2.42. The van der Waals surface area contributed by atoms with Gasteiger partial charge in [-0.2, -0.15) is 0 Å². The van der Waals surface area contributed by atoms with Gasteiger partial charge in [0.05, 0.1) is 6.61 Å². The molecule has 0 spiro atoms. The third-order valence-electron chi connectivity index (χ3n) is 3.88. The number of alkyl carbamates (subject to hydrolysis) is 1. The fourth-order valence-corrected chi connectivity index (χ4v) is 3.52. The second-order valence-corrected chi connectivity index (χ2v) is 7.15. The van der Waals surface area contributed by atoms with E-state index in [2.05, 4.69) is 24.5 Å². The van der Waals surface area contributed by atoms with E-state index in [9.17, 15) is 9.59 Å². The Kier molecular flexibility index (Phi) is 6.47. The maximum absolute atomic E-state index is 11.9. The average Bonchev–Trinajstić information content (AvgIpc) is 2.30. The van der Waals surface area contributed by atoms with Gasteiger partial charge in [-0.1, -0.05) is 13.8 Å². The first kappa shape index (κ1) is 18.5. The first-order chi connectivity index (χ1) is 10.2. The molecular weight excluding hydrogens is 288 g/mol. The molecule has 0 heterocycles. The molecule has 0 aromatic carbocycles. The van der Waals surface area contributed by atoms with Gasteiger partial charge in [-0.3, -0.25) is 0 Å². The monoisotopic (exact) mass is 316 g/mol. The molecule has 0 saturated heterocycles. The quantitative estimate of drug-likeness (QED) is 0.561. The van der Waals surface area contributed by atoms with Gasteiger partial charge in [-0.05, 0) is 44.4 Å². The fraction of sp³-hybridized carbons (Fsp3) is 0.867. The van der Waals surface area contributed by atoms with Gasteiger partial charge >= 0.3 is 12.2 Å². The lowest BCUT2D eigenvalue weighted by molar-refractivity contribution is 0.0830. The van der Waals surface area contributed by atoms with Crippen molar-refractivity contribution in [3.63, 3.8) is 0 Å². The largest absolute Gasteiger partial charge is 0.465 e. The minimum atomic E-state index is -1.04. The molecule has 128 valence electrons. The van der Waals surface area contributed by atoms with Crippen molar-refractivity contribution in [3.05, 3.63) is 0 Å². The molecule has 0 bridgehead atoms. The SMILES string of the molecule is CC1(C)CC(NC(=O)O)CC(C)(NC(=O)OCCCCO)C1. The molecule has 22 heavy (non-hydrogen) atoms. The van der Waals surface area contributed by atoms with Crippen LogP contribution < -0.4 is 10.6 Å².